The van der Waals surface area contributed by atoms with Gasteiger partial charge in [-0.05, 0) is 12.8 Å². The van der Waals surface area contributed by atoms with E-state index in [1.807, 2.05) is 12.2 Å². The Kier molecular flexibility index (Phi) is 4.30. The predicted molar refractivity (Wildman–Crippen MR) is 52.9 cm³/mol. The zero-order valence-electron chi connectivity index (χ0n) is 8.60. The number of hydrogen-bond acceptors (Lipinski definition) is 4. The fraction of sp³-hybridized carbons (Fsp3) is 0.600. The summed E-state index contributed by atoms with van der Waals surface area (Å²) >= 11 is 0. The minimum Gasteiger partial charge on any atom is -0.467 e. The van der Waals surface area contributed by atoms with Crippen LogP contribution in [-0.4, -0.2) is 36.7 Å². The van der Waals surface area contributed by atoms with E-state index in [-0.39, 0.29) is 11.8 Å². The third-order valence-electron chi connectivity index (χ3n) is 2.36. The van der Waals surface area contributed by atoms with Crippen molar-refractivity contribution >= 4 is 11.9 Å². The van der Waals surface area contributed by atoms with Crippen molar-refractivity contribution in [2.75, 3.05) is 13.7 Å². The molecule has 1 aliphatic rings. The van der Waals surface area contributed by atoms with Crippen molar-refractivity contribution in [1.29, 1.82) is 0 Å². The molecule has 1 amide bonds. The Morgan fingerprint density at radius 1 is 1.53 bits per heavy atom. The lowest BCUT2D eigenvalue weighted by Gasteiger charge is -2.16. The summed E-state index contributed by atoms with van der Waals surface area (Å²) in [5.41, 5.74) is 0. The molecule has 0 aromatic rings. The van der Waals surface area contributed by atoms with Crippen LogP contribution in [0.5, 0.6) is 0 Å². The van der Waals surface area contributed by atoms with Gasteiger partial charge in [0.2, 0.25) is 5.91 Å². The minimum atomic E-state index is -0.955. The van der Waals surface area contributed by atoms with Crippen LogP contribution in [0.3, 0.4) is 0 Å². The van der Waals surface area contributed by atoms with Crippen molar-refractivity contribution in [2.24, 2.45) is 5.92 Å². The summed E-state index contributed by atoms with van der Waals surface area (Å²) < 4.78 is 4.44. The largest absolute Gasteiger partial charge is 0.467 e. The van der Waals surface area contributed by atoms with Gasteiger partial charge in [-0.1, -0.05) is 12.2 Å². The third kappa shape index (κ3) is 3.06. The van der Waals surface area contributed by atoms with E-state index in [0.717, 1.165) is 0 Å². The number of esters is 1. The summed E-state index contributed by atoms with van der Waals surface area (Å²) in [7, 11) is 1.22. The molecule has 1 unspecified atom stereocenters. The number of carbonyl (C=O) groups excluding carboxylic acids is 2. The van der Waals surface area contributed by atoms with E-state index in [9.17, 15) is 9.59 Å². The minimum absolute atomic E-state index is 0.122. The number of ether oxygens (including phenoxy) is 1. The monoisotopic (exact) mass is 213 g/mol. The first-order chi connectivity index (χ1) is 7.19. The third-order valence-corrected chi connectivity index (χ3v) is 2.36. The van der Waals surface area contributed by atoms with E-state index < -0.39 is 18.6 Å². The number of carbonyl (C=O) groups is 2. The Labute approximate surface area is 88.1 Å². The molecular weight excluding hydrogens is 198 g/mol. The van der Waals surface area contributed by atoms with E-state index in [2.05, 4.69) is 10.1 Å². The lowest BCUT2D eigenvalue weighted by atomic mass is 10.1. The molecule has 0 spiro atoms. The fourth-order valence-electron chi connectivity index (χ4n) is 1.44. The zero-order chi connectivity index (χ0) is 11.3. The number of nitrogens with one attached hydrogen (secondary N) is 1. The molecule has 2 N–H and O–H groups in total. The second-order valence-electron chi connectivity index (χ2n) is 3.41. The zero-order valence-corrected chi connectivity index (χ0v) is 8.60. The molecule has 5 heteroatoms. The molecule has 0 aromatic heterocycles. The standard InChI is InChI=1S/C10H15NO4/c1-15-10(14)8(6-12)11-9(13)7-4-2-3-5-7/h2-3,7-8,12H,4-6H2,1H3,(H,11,13). The number of hydrogen-bond donors (Lipinski definition) is 2. The van der Waals surface area contributed by atoms with Gasteiger partial charge < -0.3 is 15.2 Å². The van der Waals surface area contributed by atoms with Crippen molar-refractivity contribution in [3.63, 3.8) is 0 Å². The van der Waals surface area contributed by atoms with Gasteiger partial charge in [0, 0.05) is 5.92 Å². The van der Waals surface area contributed by atoms with Crippen molar-refractivity contribution < 1.29 is 19.4 Å². The van der Waals surface area contributed by atoms with Crippen molar-refractivity contribution in [2.45, 2.75) is 18.9 Å². The summed E-state index contributed by atoms with van der Waals surface area (Å²) in [5.74, 6) is -0.968. The molecule has 1 rings (SSSR count). The van der Waals surface area contributed by atoms with E-state index in [4.69, 9.17) is 5.11 Å². The van der Waals surface area contributed by atoms with E-state index in [1.54, 1.807) is 0 Å². The Hall–Kier alpha value is -1.36. The summed E-state index contributed by atoms with van der Waals surface area (Å²) in [4.78, 5) is 22.6. The smallest absolute Gasteiger partial charge is 0.330 e. The predicted octanol–water partition coefficient (Wildman–Crippen LogP) is -0.397. The SMILES string of the molecule is COC(=O)C(CO)NC(=O)C1CC=CC1. The Bertz CT molecular complexity index is 267. The highest BCUT2D eigenvalue weighted by molar-refractivity contribution is 5.86. The van der Waals surface area contributed by atoms with Gasteiger partial charge in [0.25, 0.3) is 0 Å². The number of allylic oxidation sites excluding steroid dienone is 2. The molecule has 0 aromatic carbocycles. The number of aliphatic hydroxyl groups excluding tert-OH is 1. The first-order valence-corrected chi connectivity index (χ1v) is 4.83. The maximum Gasteiger partial charge on any atom is 0.330 e. The molecule has 1 aliphatic carbocycles. The molecule has 0 saturated carbocycles. The van der Waals surface area contributed by atoms with Crippen LogP contribution in [0, 0.1) is 5.92 Å². The molecule has 0 aliphatic heterocycles. The highest BCUT2D eigenvalue weighted by Gasteiger charge is 2.25. The first-order valence-electron chi connectivity index (χ1n) is 4.83. The van der Waals surface area contributed by atoms with Gasteiger partial charge in [-0.15, -0.1) is 0 Å². The average molecular weight is 213 g/mol. The number of amides is 1. The van der Waals surface area contributed by atoms with Gasteiger partial charge >= 0.3 is 5.97 Å². The fourth-order valence-corrected chi connectivity index (χ4v) is 1.44. The number of aliphatic hydroxyl groups is 1. The Morgan fingerprint density at radius 2 is 2.13 bits per heavy atom. The van der Waals surface area contributed by atoms with Crippen LogP contribution < -0.4 is 5.32 Å². The van der Waals surface area contributed by atoms with Crippen LogP contribution in [0.25, 0.3) is 0 Å². The Balaban J connectivity index is 2.44. The van der Waals surface area contributed by atoms with E-state index >= 15 is 0 Å². The Morgan fingerprint density at radius 3 is 2.60 bits per heavy atom. The van der Waals surface area contributed by atoms with E-state index in [0.29, 0.717) is 12.8 Å². The van der Waals surface area contributed by atoms with Gasteiger partial charge in [0.05, 0.1) is 13.7 Å². The van der Waals surface area contributed by atoms with Gasteiger partial charge in [-0.2, -0.15) is 0 Å². The van der Waals surface area contributed by atoms with Gasteiger partial charge in [-0.3, -0.25) is 4.79 Å². The van der Waals surface area contributed by atoms with Crippen molar-refractivity contribution in [1.82, 2.24) is 5.32 Å². The van der Waals surface area contributed by atoms with Crippen molar-refractivity contribution in [3.05, 3.63) is 12.2 Å². The van der Waals surface area contributed by atoms with Crippen molar-refractivity contribution in [3.8, 4) is 0 Å². The topological polar surface area (TPSA) is 75.6 Å². The molecule has 0 radical (unpaired) electrons. The molecule has 15 heavy (non-hydrogen) atoms. The highest BCUT2D eigenvalue weighted by atomic mass is 16.5. The lowest BCUT2D eigenvalue weighted by Crippen LogP contribution is -2.46. The van der Waals surface area contributed by atoms with Crippen LogP contribution in [0.15, 0.2) is 12.2 Å². The molecule has 0 heterocycles. The lowest BCUT2D eigenvalue weighted by molar-refractivity contribution is -0.146. The van der Waals surface area contributed by atoms with Gasteiger partial charge in [0.15, 0.2) is 6.04 Å². The molecule has 84 valence electrons. The summed E-state index contributed by atoms with van der Waals surface area (Å²) in [6, 6.07) is -0.955. The van der Waals surface area contributed by atoms with Crippen LogP contribution >= 0.6 is 0 Å². The molecular formula is C10H15NO4. The molecule has 5 nitrogen and oxygen atoms in total. The first kappa shape index (κ1) is 11.7. The maximum absolute atomic E-state index is 11.6. The summed E-state index contributed by atoms with van der Waals surface area (Å²) in [6.07, 6.45) is 5.23. The van der Waals surface area contributed by atoms with Crippen LogP contribution in [0.4, 0.5) is 0 Å². The second-order valence-corrected chi connectivity index (χ2v) is 3.41. The molecule has 0 saturated heterocycles. The summed E-state index contributed by atoms with van der Waals surface area (Å²) in [5, 5.41) is 11.3. The van der Waals surface area contributed by atoms with Gasteiger partial charge in [-0.25, -0.2) is 4.79 Å². The maximum atomic E-state index is 11.6. The summed E-state index contributed by atoms with van der Waals surface area (Å²) in [6.45, 7) is -0.446. The number of methoxy groups -OCH3 is 1. The van der Waals surface area contributed by atoms with Crippen LogP contribution in [0.2, 0.25) is 0 Å². The van der Waals surface area contributed by atoms with E-state index in [1.165, 1.54) is 7.11 Å². The van der Waals surface area contributed by atoms with Crippen LogP contribution in [0.1, 0.15) is 12.8 Å². The molecule has 0 bridgehead atoms. The average Bonchev–Trinajstić information content (AvgIpc) is 2.77. The van der Waals surface area contributed by atoms with Gasteiger partial charge in [0.1, 0.15) is 0 Å². The molecule has 0 fully saturated rings. The normalized spacial score (nSPS) is 17.5. The van der Waals surface area contributed by atoms with Crippen LogP contribution in [-0.2, 0) is 14.3 Å². The number of rotatable bonds is 4. The highest BCUT2D eigenvalue weighted by Crippen LogP contribution is 2.17. The quantitative estimate of drug-likeness (QED) is 0.492. The molecule has 1 atom stereocenters. The second kappa shape index (κ2) is 5.50.